The lowest BCUT2D eigenvalue weighted by Crippen LogP contribution is -2.49. The van der Waals surface area contributed by atoms with Crippen molar-refractivity contribution in [2.75, 3.05) is 36.8 Å². The topological polar surface area (TPSA) is 123 Å². The molecule has 1 amide bonds. The molecule has 1 saturated heterocycles. The van der Waals surface area contributed by atoms with E-state index < -0.39 is 39.2 Å². The Balaban J connectivity index is 1.82. The summed E-state index contributed by atoms with van der Waals surface area (Å²) < 4.78 is 30.1. The van der Waals surface area contributed by atoms with Gasteiger partial charge in [-0.2, -0.15) is 5.26 Å². The maximum Gasteiger partial charge on any atom is 0.246 e. The van der Waals surface area contributed by atoms with Crippen LogP contribution in [0.2, 0.25) is 15.1 Å². The van der Waals surface area contributed by atoms with E-state index in [2.05, 4.69) is 17.6 Å². The van der Waals surface area contributed by atoms with E-state index in [-0.39, 0.29) is 33.9 Å². The summed E-state index contributed by atoms with van der Waals surface area (Å²) in [6.07, 6.45) is 1.32. The number of nitrogen functional groups attached to an aromatic ring is 1. The van der Waals surface area contributed by atoms with E-state index in [1.165, 1.54) is 17.0 Å². The maximum atomic E-state index is 15.6. The third kappa shape index (κ3) is 5.36. The highest BCUT2D eigenvalue weighted by Gasteiger charge is 2.40. The SMILES string of the molecule is C=CC(=O)N1CCN(C2=C(C#N)C(O)N(c3c(C)ccnc3C(C)C)c3nc(-c4c(N)c(Cl)c(F)c(Cl)c4F)c(Cl)cc32)CC1. The Morgan fingerprint density at radius 2 is 1.87 bits per heavy atom. The highest BCUT2D eigenvalue weighted by atomic mass is 35.5. The van der Waals surface area contributed by atoms with Crippen molar-refractivity contribution in [1.82, 2.24) is 19.8 Å². The van der Waals surface area contributed by atoms with Crippen LogP contribution in [0, 0.1) is 29.9 Å². The fourth-order valence-electron chi connectivity index (χ4n) is 5.67. The van der Waals surface area contributed by atoms with Crippen LogP contribution in [0.25, 0.3) is 17.0 Å². The number of pyridine rings is 2. The first kappa shape index (κ1) is 32.4. The van der Waals surface area contributed by atoms with Crippen LogP contribution in [0.5, 0.6) is 0 Å². The Labute approximate surface area is 273 Å². The first-order chi connectivity index (χ1) is 21.3. The quantitative estimate of drug-likeness (QED) is 0.137. The first-order valence-electron chi connectivity index (χ1n) is 13.9. The lowest BCUT2D eigenvalue weighted by molar-refractivity contribution is -0.127. The number of fused-ring (bicyclic) bond motifs is 1. The summed E-state index contributed by atoms with van der Waals surface area (Å²) in [5.41, 5.74) is 7.50. The molecule has 5 rings (SSSR count). The summed E-state index contributed by atoms with van der Waals surface area (Å²) in [4.78, 5) is 26.5. The molecule has 9 nitrogen and oxygen atoms in total. The van der Waals surface area contributed by atoms with Gasteiger partial charge < -0.3 is 20.6 Å². The standard InChI is InChI=1S/C31H28Cl3F2N7O2/c1-5-19(44)41-8-10-42(11-9-41)29-16-12-18(32)27(20-23(35)21(33)24(36)22(34)25(20)38)40-30(16)43(31(45)17(29)13-37)28-15(4)6-7-39-26(28)14(2)3/h5-7,12,14,31,45H,1,8-11,38H2,2-4H3. The molecule has 2 aliphatic rings. The minimum Gasteiger partial charge on any atom is -0.397 e. The number of carbonyl (C=O) groups is 1. The van der Waals surface area contributed by atoms with Gasteiger partial charge in [0.2, 0.25) is 5.91 Å². The van der Waals surface area contributed by atoms with E-state index in [4.69, 9.17) is 45.5 Å². The molecule has 3 N–H and O–H groups in total. The average molecular weight is 675 g/mol. The summed E-state index contributed by atoms with van der Waals surface area (Å²) in [6, 6.07) is 5.40. The molecule has 2 aromatic heterocycles. The van der Waals surface area contributed by atoms with Crippen molar-refractivity contribution in [3.05, 3.63) is 80.1 Å². The molecule has 0 spiro atoms. The highest BCUT2D eigenvalue weighted by molar-refractivity contribution is 6.38. The van der Waals surface area contributed by atoms with E-state index in [0.29, 0.717) is 54.4 Å². The molecule has 2 aliphatic heterocycles. The molecule has 14 heteroatoms. The third-order valence-corrected chi connectivity index (χ3v) is 8.87. The van der Waals surface area contributed by atoms with Crippen molar-refractivity contribution in [3.63, 3.8) is 0 Å². The van der Waals surface area contributed by atoms with Crippen molar-refractivity contribution in [1.29, 1.82) is 5.26 Å². The number of aryl methyl sites for hydroxylation is 1. The van der Waals surface area contributed by atoms with Crippen LogP contribution in [0.4, 0.5) is 26.0 Å². The number of rotatable bonds is 5. The van der Waals surface area contributed by atoms with E-state index in [0.717, 1.165) is 0 Å². The summed E-state index contributed by atoms with van der Waals surface area (Å²) in [5, 5.41) is 20.8. The number of nitrogens with two attached hydrogens (primary N) is 1. The van der Waals surface area contributed by atoms with Gasteiger partial charge >= 0.3 is 0 Å². The Bertz CT molecular complexity index is 1790. The Kier molecular flexibility index (Phi) is 8.97. The Morgan fingerprint density at radius 3 is 2.47 bits per heavy atom. The molecule has 45 heavy (non-hydrogen) atoms. The molecule has 0 aliphatic carbocycles. The van der Waals surface area contributed by atoms with E-state index >= 15 is 4.39 Å². The van der Waals surface area contributed by atoms with Gasteiger partial charge in [-0.05, 0) is 36.6 Å². The predicted octanol–water partition coefficient (Wildman–Crippen LogP) is 6.43. The van der Waals surface area contributed by atoms with E-state index in [9.17, 15) is 19.6 Å². The van der Waals surface area contributed by atoms with Crippen LogP contribution in [-0.2, 0) is 4.79 Å². The van der Waals surface area contributed by atoms with E-state index in [1.54, 1.807) is 17.2 Å². The Hall–Kier alpha value is -3.95. The van der Waals surface area contributed by atoms with Gasteiger partial charge in [-0.1, -0.05) is 55.2 Å². The van der Waals surface area contributed by atoms with Gasteiger partial charge in [-0.15, -0.1) is 0 Å². The number of amides is 1. The van der Waals surface area contributed by atoms with Crippen molar-refractivity contribution >= 4 is 63.6 Å². The number of hydrogen-bond donors (Lipinski definition) is 2. The average Bonchev–Trinajstić information content (AvgIpc) is 3.02. The number of anilines is 3. The van der Waals surface area contributed by atoms with Gasteiger partial charge in [0.05, 0.1) is 39.0 Å². The highest BCUT2D eigenvalue weighted by Crippen LogP contribution is 2.49. The van der Waals surface area contributed by atoms with E-state index in [1.807, 2.05) is 25.7 Å². The van der Waals surface area contributed by atoms with Gasteiger partial charge in [-0.25, -0.2) is 13.8 Å². The van der Waals surface area contributed by atoms with Crippen LogP contribution in [0.1, 0.15) is 36.6 Å². The van der Waals surface area contributed by atoms with Gasteiger partial charge in [0.1, 0.15) is 27.5 Å². The number of nitrogens with zero attached hydrogens (tertiary/aromatic N) is 6. The second-order valence-electron chi connectivity index (χ2n) is 10.9. The number of piperazine rings is 1. The number of hydrogen-bond acceptors (Lipinski definition) is 8. The minimum atomic E-state index is -1.56. The van der Waals surface area contributed by atoms with Gasteiger partial charge in [0, 0.05) is 37.9 Å². The van der Waals surface area contributed by atoms with Crippen molar-refractivity contribution in [2.45, 2.75) is 32.9 Å². The summed E-state index contributed by atoms with van der Waals surface area (Å²) in [5.74, 6) is -2.68. The zero-order valence-corrected chi connectivity index (χ0v) is 26.8. The number of halogens is 5. The zero-order valence-electron chi connectivity index (χ0n) is 24.5. The van der Waals surface area contributed by atoms with Gasteiger partial charge in [-0.3, -0.25) is 14.7 Å². The molecule has 234 valence electrons. The second kappa shape index (κ2) is 12.4. The molecule has 4 heterocycles. The van der Waals surface area contributed by atoms with Crippen LogP contribution in [0.15, 0.2) is 36.6 Å². The lowest BCUT2D eigenvalue weighted by Gasteiger charge is -2.43. The molecule has 0 saturated carbocycles. The molecule has 0 radical (unpaired) electrons. The molecular formula is C31H28Cl3F2N7O2. The largest absolute Gasteiger partial charge is 0.397 e. The molecule has 1 fully saturated rings. The molecule has 0 bridgehead atoms. The first-order valence-corrected chi connectivity index (χ1v) is 15.0. The summed E-state index contributed by atoms with van der Waals surface area (Å²) >= 11 is 18.8. The smallest absolute Gasteiger partial charge is 0.246 e. The maximum absolute atomic E-state index is 15.6. The molecule has 1 aromatic carbocycles. The number of aliphatic hydroxyl groups excluding tert-OH is 1. The predicted molar refractivity (Wildman–Crippen MR) is 171 cm³/mol. The van der Waals surface area contributed by atoms with Crippen molar-refractivity contribution in [3.8, 4) is 17.3 Å². The number of nitriles is 1. The van der Waals surface area contributed by atoms with Crippen LogP contribution >= 0.6 is 34.8 Å². The second-order valence-corrected chi connectivity index (χ2v) is 12.0. The normalized spacial score (nSPS) is 16.6. The summed E-state index contributed by atoms with van der Waals surface area (Å²) in [7, 11) is 0. The number of benzene rings is 1. The number of aliphatic hydroxyl groups is 1. The molecule has 3 aromatic rings. The number of carbonyl (C=O) groups excluding carboxylic acids is 1. The van der Waals surface area contributed by atoms with Crippen LogP contribution in [0.3, 0.4) is 0 Å². The fourth-order valence-corrected chi connectivity index (χ4v) is 6.34. The lowest BCUT2D eigenvalue weighted by atomic mass is 9.94. The van der Waals surface area contributed by atoms with Crippen LogP contribution in [-0.4, -0.2) is 63.2 Å². The summed E-state index contributed by atoms with van der Waals surface area (Å²) in [6.45, 7) is 10.5. The molecule has 1 unspecified atom stereocenters. The Morgan fingerprint density at radius 1 is 1.20 bits per heavy atom. The fraction of sp³-hybridized carbons (Fsp3) is 0.290. The van der Waals surface area contributed by atoms with Crippen molar-refractivity contribution in [2.24, 2.45) is 0 Å². The van der Waals surface area contributed by atoms with Gasteiger partial charge in [0.15, 0.2) is 17.9 Å². The molecule has 1 atom stereocenters. The monoisotopic (exact) mass is 673 g/mol. The van der Waals surface area contributed by atoms with Crippen LogP contribution < -0.4 is 10.6 Å². The molecular weight excluding hydrogens is 647 g/mol. The number of aromatic nitrogens is 2. The zero-order chi connectivity index (χ0) is 32.9. The third-order valence-electron chi connectivity index (χ3n) is 7.88. The minimum absolute atomic E-state index is 0.00754. The van der Waals surface area contributed by atoms with Crippen molar-refractivity contribution < 1.29 is 18.7 Å². The van der Waals surface area contributed by atoms with Gasteiger partial charge in [0.25, 0.3) is 0 Å².